The van der Waals surface area contributed by atoms with Gasteiger partial charge in [-0.15, -0.1) is 0 Å². The first kappa shape index (κ1) is 16.1. The summed E-state index contributed by atoms with van der Waals surface area (Å²) in [5.41, 5.74) is 7.51. The Kier molecular flexibility index (Phi) is 4.52. The van der Waals surface area contributed by atoms with Crippen LogP contribution in [0.2, 0.25) is 0 Å². The van der Waals surface area contributed by atoms with Crippen LogP contribution in [-0.4, -0.2) is 30.3 Å². The fourth-order valence-corrected chi connectivity index (χ4v) is 2.30. The molecule has 0 aliphatic carbocycles. The highest BCUT2D eigenvalue weighted by Gasteiger charge is 2.11. The number of methoxy groups -OCH3 is 1. The van der Waals surface area contributed by atoms with Crippen molar-refractivity contribution >= 4 is 16.9 Å². The Bertz CT molecular complexity index is 887. The molecule has 0 saturated carbocycles. The molecule has 1 heterocycles. The number of fused-ring (bicyclic) bond motifs is 1. The summed E-state index contributed by atoms with van der Waals surface area (Å²) in [7, 11) is 1.57. The van der Waals surface area contributed by atoms with E-state index in [-0.39, 0.29) is 5.95 Å². The first-order valence-corrected chi connectivity index (χ1v) is 7.23. The van der Waals surface area contributed by atoms with Crippen LogP contribution in [0.1, 0.15) is 0 Å². The minimum absolute atomic E-state index is 0.0930. The standard InChI is InChI=1S/C17H15F2N3O2/c1-23-6-7-24-16-12-8-10(3-5-15(12)21-17(20)22-16)11-2-4-13(18)14(19)9-11/h2-5,8-9H,6-7H2,1H3,(H2,20,21,22). The molecule has 5 nitrogen and oxygen atoms in total. The van der Waals surface area contributed by atoms with Crippen LogP contribution >= 0.6 is 0 Å². The second-order valence-corrected chi connectivity index (χ2v) is 5.09. The zero-order chi connectivity index (χ0) is 17.1. The van der Waals surface area contributed by atoms with E-state index < -0.39 is 11.6 Å². The number of nitrogen functional groups attached to an aromatic ring is 1. The van der Waals surface area contributed by atoms with Crippen LogP contribution in [0, 0.1) is 11.6 Å². The number of anilines is 1. The van der Waals surface area contributed by atoms with E-state index in [1.807, 2.05) is 0 Å². The van der Waals surface area contributed by atoms with Gasteiger partial charge in [0.2, 0.25) is 11.8 Å². The van der Waals surface area contributed by atoms with Crippen molar-refractivity contribution in [1.82, 2.24) is 9.97 Å². The van der Waals surface area contributed by atoms with Crippen molar-refractivity contribution in [3.05, 3.63) is 48.0 Å². The highest BCUT2D eigenvalue weighted by atomic mass is 19.2. The second kappa shape index (κ2) is 6.76. The Labute approximate surface area is 137 Å². The number of benzene rings is 2. The molecule has 0 atom stereocenters. The molecule has 1 aromatic heterocycles. The lowest BCUT2D eigenvalue weighted by molar-refractivity contribution is 0.144. The second-order valence-electron chi connectivity index (χ2n) is 5.09. The Balaban J connectivity index is 2.06. The van der Waals surface area contributed by atoms with Crippen LogP contribution in [0.5, 0.6) is 5.88 Å². The molecule has 0 amide bonds. The lowest BCUT2D eigenvalue weighted by Crippen LogP contribution is -2.07. The smallest absolute Gasteiger partial charge is 0.226 e. The zero-order valence-corrected chi connectivity index (χ0v) is 12.9. The maximum atomic E-state index is 13.5. The fourth-order valence-electron chi connectivity index (χ4n) is 2.30. The van der Waals surface area contributed by atoms with Gasteiger partial charge in [0.1, 0.15) is 6.61 Å². The van der Waals surface area contributed by atoms with E-state index in [1.165, 1.54) is 6.07 Å². The summed E-state index contributed by atoms with van der Waals surface area (Å²) in [6.45, 7) is 0.700. The molecule has 0 aliphatic heterocycles. The van der Waals surface area contributed by atoms with Gasteiger partial charge in [0.15, 0.2) is 11.6 Å². The molecule has 0 fully saturated rings. The van der Waals surface area contributed by atoms with Crippen molar-refractivity contribution in [2.45, 2.75) is 0 Å². The van der Waals surface area contributed by atoms with E-state index in [2.05, 4.69) is 9.97 Å². The third-order valence-corrected chi connectivity index (χ3v) is 3.46. The highest BCUT2D eigenvalue weighted by molar-refractivity contribution is 5.89. The Morgan fingerprint density at radius 1 is 0.958 bits per heavy atom. The van der Waals surface area contributed by atoms with Gasteiger partial charge in [0.25, 0.3) is 0 Å². The van der Waals surface area contributed by atoms with Crippen molar-refractivity contribution in [1.29, 1.82) is 0 Å². The lowest BCUT2D eigenvalue weighted by atomic mass is 10.0. The molecule has 3 rings (SSSR count). The van der Waals surface area contributed by atoms with Crippen LogP contribution < -0.4 is 10.5 Å². The normalized spacial score (nSPS) is 11.0. The van der Waals surface area contributed by atoms with E-state index in [1.54, 1.807) is 25.3 Å². The SMILES string of the molecule is COCCOc1nc(N)nc2ccc(-c3ccc(F)c(F)c3)cc12. The van der Waals surface area contributed by atoms with Gasteiger partial charge in [0, 0.05) is 7.11 Å². The molecule has 0 radical (unpaired) electrons. The number of halogens is 2. The Morgan fingerprint density at radius 3 is 2.46 bits per heavy atom. The van der Waals surface area contributed by atoms with Crippen LogP contribution in [0.4, 0.5) is 14.7 Å². The number of nitrogens with two attached hydrogens (primary N) is 1. The van der Waals surface area contributed by atoms with E-state index in [0.717, 1.165) is 12.1 Å². The number of nitrogens with zero attached hydrogens (tertiary/aromatic N) is 2. The number of rotatable bonds is 5. The molecule has 24 heavy (non-hydrogen) atoms. The molecule has 7 heteroatoms. The van der Waals surface area contributed by atoms with Gasteiger partial charge in [-0.25, -0.2) is 13.8 Å². The van der Waals surface area contributed by atoms with Crippen molar-refractivity contribution in [2.75, 3.05) is 26.1 Å². The predicted octanol–water partition coefficient (Wildman–Crippen LogP) is 3.18. The highest BCUT2D eigenvalue weighted by Crippen LogP contribution is 2.29. The Morgan fingerprint density at radius 2 is 1.71 bits per heavy atom. The summed E-state index contributed by atoms with van der Waals surface area (Å²) in [6.07, 6.45) is 0. The number of hydrogen-bond donors (Lipinski definition) is 1. The van der Waals surface area contributed by atoms with Crippen LogP contribution in [-0.2, 0) is 4.74 Å². The summed E-state index contributed by atoms with van der Waals surface area (Å²) in [6, 6.07) is 8.96. The molecule has 0 unspecified atom stereocenters. The van der Waals surface area contributed by atoms with Crippen molar-refractivity contribution in [3.63, 3.8) is 0 Å². The van der Waals surface area contributed by atoms with E-state index in [9.17, 15) is 8.78 Å². The van der Waals surface area contributed by atoms with Gasteiger partial charge in [-0.1, -0.05) is 12.1 Å². The lowest BCUT2D eigenvalue weighted by Gasteiger charge is -2.10. The molecule has 3 aromatic rings. The quantitative estimate of drug-likeness (QED) is 0.727. The summed E-state index contributed by atoms with van der Waals surface area (Å²) >= 11 is 0. The minimum Gasteiger partial charge on any atom is -0.475 e. The van der Waals surface area contributed by atoms with E-state index >= 15 is 0 Å². The largest absolute Gasteiger partial charge is 0.475 e. The molecule has 0 aliphatic rings. The number of hydrogen-bond acceptors (Lipinski definition) is 5. The summed E-state index contributed by atoms with van der Waals surface area (Å²) in [5.74, 6) is -1.38. The monoisotopic (exact) mass is 331 g/mol. The van der Waals surface area contributed by atoms with Crippen LogP contribution in [0.15, 0.2) is 36.4 Å². The number of aromatic nitrogens is 2. The third kappa shape index (κ3) is 3.26. The first-order valence-electron chi connectivity index (χ1n) is 7.23. The predicted molar refractivity (Wildman–Crippen MR) is 86.7 cm³/mol. The maximum absolute atomic E-state index is 13.5. The molecule has 2 N–H and O–H groups in total. The molecule has 124 valence electrons. The molecule has 0 saturated heterocycles. The van der Waals surface area contributed by atoms with E-state index in [4.69, 9.17) is 15.2 Å². The summed E-state index contributed by atoms with van der Waals surface area (Å²) < 4.78 is 37.1. The third-order valence-electron chi connectivity index (χ3n) is 3.46. The first-order chi connectivity index (χ1) is 11.6. The molecule has 2 aromatic carbocycles. The molecule has 0 bridgehead atoms. The van der Waals surface area contributed by atoms with Crippen molar-refractivity contribution in [3.8, 4) is 17.0 Å². The van der Waals surface area contributed by atoms with Gasteiger partial charge in [-0.3, -0.25) is 0 Å². The van der Waals surface area contributed by atoms with Crippen LogP contribution in [0.25, 0.3) is 22.0 Å². The Hall–Kier alpha value is -2.80. The summed E-state index contributed by atoms with van der Waals surface area (Å²) in [5, 5.41) is 0.627. The molecule has 0 spiro atoms. The zero-order valence-electron chi connectivity index (χ0n) is 12.9. The average molecular weight is 331 g/mol. The van der Waals surface area contributed by atoms with Gasteiger partial charge < -0.3 is 15.2 Å². The van der Waals surface area contributed by atoms with Crippen molar-refractivity contribution in [2.24, 2.45) is 0 Å². The van der Waals surface area contributed by atoms with Gasteiger partial charge in [-0.2, -0.15) is 4.98 Å². The summed E-state index contributed by atoms with van der Waals surface area (Å²) in [4.78, 5) is 8.25. The van der Waals surface area contributed by atoms with Crippen molar-refractivity contribution < 1.29 is 18.3 Å². The van der Waals surface area contributed by atoms with Gasteiger partial charge in [-0.05, 0) is 35.4 Å². The average Bonchev–Trinajstić information content (AvgIpc) is 2.57. The maximum Gasteiger partial charge on any atom is 0.226 e. The minimum atomic E-state index is -0.905. The van der Waals surface area contributed by atoms with Gasteiger partial charge >= 0.3 is 0 Å². The molecular weight excluding hydrogens is 316 g/mol. The fraction of sp³-hybridized carbons (Fsp3) is 0.176. The number of ether oxygens (including phenoxy) is 2. The topological polar surface area (TPSA) is 70.3 Å². The van der Waals surface area contributed by atoms with E-state index in [0.29, 0.717) is 41.1 Å². The molecular formula is C17H15F2N3O2. The van der Waals surface area contributed by atoms with Gasteiger partial charge in [0.05, 0.1) is 17.5 Å². The van der Waals surface area contributed by atoms with Crippen LogP contribution in [0.3, 0.4) is 0 Å².